The summed E-state index contributed by atoms with van der Waals surface area (Å²) in [4.78, 5) is 33.2. The Kier molecular flexibility index (Phi) is 6.40. The number of alkyl halides is 3. The van der Waals surface area contributed by atoms with Crippen LogP contribution in [0.1, 0.15) is 38.7 Å². The molecule has 4 atom stereocenters. The fourth-order valence-electron chi connectivity index (χ4n) is 5.09. The molecule has 3 amide bonds. The van der Waals surface area contributed by atoms with Crippen molar-refractivity contribution in [2.45, 2.75) is 57.1 Å². The number of piperidine rings is 1. The number of urea groups is 1. The van der Waals surface area contributed by atoms with Crippen molar-refractivity contribution in [2.75, 3.05) is 5.32 Å². The summed E-state index contributed by atoms with van der Waals surface area (Å²) in [6.07, 6.45) is -2.82. The van der Waals surface area contributed by atoms with Crippen molar-refractivity contribution in [1.82, 2.24) is 25.7 Å². The Balaban J connectivity index is 1.61. The van der Waals surface area contributed by atoms with Crippen LogP contribution in [0.4, 0.5) is 28.0 Å². The van der Waals surface area contributed by atoms with E-state index in [9.17, 15) is 32.3 Å². The maximum absolute atomic E-state index is 13.6. The summed E-state index contributed by atoms with van der Waals surface area (Å²) in [5.41, 5.74) is 2.43. The first-order chi connectivity index (χ1) is 16.4. The van der Waals surface area contributed by atoms with E-state index in [0.717, 1.165) is 30.6 Å². The fraction of sp³-hybridized carbons (Fsp3) is 0.455. The summed E-state index contributed by atoms with van der Waals surface area (Å²) in [5, 5.41) is 13.3. The Morgan fingerprint density at radius 2 is 1.91 bits per heavy atom. The Morgan fingerprint density at radius 3 is 2.54 bits per heavy atom. The average molecular weight is 496 g/mol. The van der Waals surface area contributed by atoms with Crippen molar-refractivity contribution in [3.8, 4) is 11.4 Å². The molecule has 9 nitrogen and oxygen atoms in total. The lowest BCUT2D eigenvalue weighted by molar-refractivity contribution is -0.166. The number of anilines is 1. The van der Waals surface area contributed by atoms with Gasteiger partial charge in [-0.25, -0.2) is 24.6 Å². The lowest BCUT2D eigenvalue weighted by Crippen LogP contribution is -2.79. The zero-order valence-corrected chi connectivity index (χ0v) is 18.9. The largest absolute Gasteiger partial charge is 0.417 e. The normalized spacial score (nSPS) is 24.4. The molecule has 0 radical (unpaired) electrons. The van der Waals surface area contributed by atoms with Crippen LogP contribution >= 0.6 is 0 Å². The Labute approximate surface area is 197 Å². The number of aliphatic hydroxyl groups excluding tert-OH is 1. The van der Waals surface area contributed by atoms with Crippen LogP contribution in [-0.2, 0) is 11.0 Å². The molecule has 188 valence electrons. The van der Waals surface area contributed by atoms with Crippen molar-refractivity contribution in [3.63, 3.8) is 0 Å². The highest BCUT2D eigenvalue weighted by Gasteiger charge is 2.62. The van der Waals surface area contributed by atoms with Crippen LogP contribution in [0, 0.1) is 11.7 Å². The number of fused-ring (bicyclic) bond motifs is 2. The third-order valence-corrected chi connectivity index (χ3v) is 6.36. The number of benzene rings is 1. The van der Waals surface area contributed by atoms with E-state index in [1.54, 1.807) is 0 Å². The summed E-state index contributed by atoms with van der Waals surface area (Å²) in [5.74, 6) is -1.37. The van der Waals surface area contributed by atoms with Crippen LogP contribution in [0.25, 0.3) is 11.4 Å². The van der Waals surface area contributed by atoms with Crippen LogP contribution in [-0.4, -0.2) is 49.7 Å². The predicted molar refractivity (Wildman–Crippen MR) is 116 cm³/mol. The maximum Gasteiger partial charge on any atom is 0.417 e. The van der Waals surface area contributed by atoms with E-state index >= 15 is 0 Å². The molecule has 1 saturated carbocycles. The molecule has 2 heterocycles. The lowest BCUT2D eigenvalue weighted by atomic mass is 9.63. The number of hydrazine groups is 1. The molecule has 35 heavy (non-hydrogen) atoms. The van der Waals surface area contributed by atoms with Crippen LogP contribution in [0.2, 0.25) is 0 Å². The number of nitrogens with one attached hydrogen (secondary N) is 3. The zero-order valence-electron chi connectivity index (χ0n) is 18.9. The van der Waals surface area contributed by atoms with Gasteiger partial charge in [0, 0.05) is 24.2 Å². The number of hydrogen-bond donors (Lipinski definition) is 4. The van der Waals surface area contributed by atoms with Gasteiger partial charge in [0.15, 0.2) is 11.6 Å². The van der Waals surface area contributed by atoms with Crippen molar-refractivity contribution < 1.29 is 32.3 Å². The first kappa shape index (κ1) is 24.8. The number of hydrogen-bond acceptors (Lipinski definition) is 6. The van der Waals surface area contributed by atoms with Crippen molar-refractivity contribution in [3.05, 3.63) is 42.0 Å². The second-order valence-corrected chi connectivity index (χ2v) is 9.02. The van der Waals surface area contributed by atoms with Crippen molar-refractivity contribution in [2.24, 2.45) is 5.92 Å². The van der Waals surface area contributed by atoms with Gasteiger partial charge in [-0.3, -0.25) is 10.2 Å². The number of carbonyl (C=O) groups is 2. The first-order valence-corrected chi connectivity index (χ1v) is 10.9. The second-order valence-electron chi connectivity index (χ2n) is 9.02. The SMILES string of the molecule is CC(=O)NNC(O)C12CC(C[C@H](C)C1)N2C(=O)Nc1ccc(C(F)(F)F)c(-c2ncc(F)cn2)c1. The number of carbonyl (C=O) groups excluding carboxylic acids is 2. The molecule has 1 aliphatic heterocycles. The average Bonchev–Trinajstić information content (AvgIpc) is 2.76. The number of aliphatic hydroxyl groups is 1. The second kappa shape index (κ2) is 9.04. The molecule has 2 aromatic rings. The summed E-state index contributed by atoms with van der Waals surface area (Å²) >= 11 is 0. The van der Waals surface area contributed by atoms with Gasteiger partial charge in [-0.05, 0) is 43.4 Å². The zero-order chi connectivity index (χ0) is 25.5. The van der Waals surface area contributed by atoms with E-state index in [1.165, 1.54) is 11.8 Å². The minimum Gasteiger partial charge on any atom is -0.374 e. The van der Waals surface area contributed by atoms with Crippen LogP contribution in [0.3, 0.4) is 0 Å². The van der Waals surface area contributed by atoms with Crippen LogP contribution in [0.5, 0.6) is 0 Å². The molecule has 4 rings (SSSR count). The van der Waals surface area contributed by atoms with Gasteiger partial charge in [0.05, 0.1) is 23.5 Å². The molecular weight excluding hydrogens is 472 g/mol. The number of likely N-dealkylation sites (tertiary alicyclic amines) is 1. The highest BCUT2D eigenvalue weighted by Crippen LogP contribution is 2.51. The van der Waals surface area contributed by atoms with E-state index in [2.05, 4.69) is 26.1 Å². The monoisotopic (exact) mass is 496 g/mol. The molecule has 1 saturated heterocycles. The summed E-state index contributed by atoms with van der Waals surface area (Å²) in [6, 6.07) is 2.18. The number of aromatic nitrogens is 2. The third kappa shape index (κ3) is 4.78. The molecular formula is C22H24F4N6O3. The van der Waals surface area contributed by atoms with E-state index in [4.69, 9.17) is 0 Å². The lowest BCUT2D eigenvalue weighted by Gasteiger charge is -2.64. The van der Waals surface area contributed by atoms with Gasteiger partial charge in [0.25, 0.3) is 0 Å². The molecule has 3 unspecified atom stereocenters. The molecule has 4 N–H and O–H groups in total. The van der Waals surface area contributed by atoms with E-state index in [0.29, 0.717) is 19.3 Å². The van der Waals surface area contributed by atoms with Crippen molar-refractivity contribution >= 4 is 17.6 Å². The maximum atomic E-state index is 13.6. The molecule has 2 aliphatic rings. The van der Waals surface area contributed by atoms with Crippen molar-refractivity contribution in [1.29, 1.82) is 0 Å². The molecule has 0 spiro atoms. The molecule has 13 heteroatoms. The molecule has 2 bridgehead atoms. The minimum absolute atomic E-state index is 0.0448. The predicted octanol–water partition coefficient (Wildman–Crippen LogP) is 3.04. The van der Waals surface area contributed by atoms with Gasteiger partial charge in [0.1, 0.15) is 6.23 Å². The van der Waals surface area contributed by atoms with Gasteiger partial charge in [-0.1, -0.05) is 6.92 Å². The van der Waals surface area contributed by atoms with E-state index in [-0.39, 0.29) is 23.5 Å². The quantitative estimate of drug-likeness (QED) is 0.287. The highest BCUT2D eigenvalue weighted by molar-refractivity contribution is 5.92. The van der Waals surface area contributed by atoms with Crippen LogP contribution in [0.15, 0.2) is 30.6 Å². The molecule has 1 aromatic heterocycles. The fourth-order valence-corrected chi connectivity index (χ4v) is 5.09. The van der Waals surface area contributed by atoms with Gasteiger partial charge < -0.3 is 15.3 Å². The number of nitrogens with zero attached hydrogens (tertiary/aromatic N) is 3. The summed E-state index contributed by atoms with van der Waals surface area (Å²) < 4.78 is 53.9. The highest BCUT2D eigenvalue weighted by atomic mass is 19.4. The minimum atomic E-state index is -4.73. The number of amides is 3. The Morgan fingerprint density at radius 1 is 1.23 bits per heavy atom. The van der Waals surface area contributed by atoms with Gasteiger partial charge in [-0.2, -0.15) is 13.2 Å². The van der Waals surface area contributed by atoms with E-state index < -0.39 is 46.8 Å². The summed E-state index contributed by atoms with van der Waals surface area (Å²) in [6.45, 7) is 3.26. The Bertz CT molecular complexity index is 1130. The third-order valence-electron chi connectivity index (χ3n) is 6.36. The van der Waals surface area contributed by atoms with Crippen LogP contribution < -0.4 is 16.2 Å². The van der Waals surface area contributed by atoms with Gasteiger partial charge >= 0.3 is 12.2 Å². The molecule has 1 aromatic carbocycles. The smallest absolute Gasteiger partial charge is 0.374 e. The number of rotatable bonds is 5. The molecule has 1 aliphatic carbocycles. The topological polar surface area (TPSA) is 119 Å². The standard InChI is InChI=1S/C22H24F4N6O3/c1-11-5-15-8-21(7-11,19(34)31-30-12(2)33)32(15)20(35)29-14-3-4-17(22(24,25)26)16(6-14)18-27-9-13(23)10-28-18/h3-4,6,9-11,15,19,31,34H,5,7-8H2,1-2H3,(H,29,35)(H,30,33)/t11-,15?,19?,21?/m0/s1. The Hall–Kier alpha value is -3.32. The van der Waals surface area contributed by atoms with E-state index in [1.807, 2.05) is 6.92 Å². The van der Waals surface area contributed by atoms with Gasteiger partial charge in [0.2, 0.25) is 5.91 Å². The first-order valence-electron chi connectivity index (χ1n) is 10.9. The number of halogens is 4. The molecule has 2 fully saturated rings. The van der Waals surface area contributed by atoms with Gasteiger partial charge in [-0.15, -0.1) is 0 Å². The summed E-state index contributed by atoms with van der Waals surface area (Å²) in [7, 11) is 0.